The van der Waals surface area contributed by atoms with Crippen LogP contribution in [0, 0.1) is 18.3 Å². The number of anilines is 1. The normalized spacial score (nSPS) is 12.5. The predicted molar refractivity (Wildman–Crippen MR) is 124 cm³/mol. The smallest absolute Gasteiger partial charge is 0.296 e. The number of nitrogens with zero attached hydrogens (tertiary/aromatic N) is 6. The van der Waals surface area contributed by atoms with Crippen molar-refractivity contribution in [3.05, 3.63) is 93.5 Å². The maximum Gasteiger partial charge on any atom is 0.296 e. The van der Waals surface area contributed by atoms with Gasteiger partial charge in [-0.3, -0.25) is 24.1 Å². The van der Waals surface area contributed by atoms with E-state index < -0.39 is 34.7 Å². The van der Waals surface area contributed by atoms with E-state index in [0.717, 1.165) is 5.69 Å². The second-order valence-corrected chi connectivity index (χ2v) is 7.95. The highest BCUT2D eigenvalue weighted by atomic mass is 16.5. The van der Waals surface area contributed by atoms with Crippen LogP contribution in [0.25, 0.3) is 0 Å². The van der Waals surface area contributed by atoms with Crippen LogP contribution in [0.3, 0.4) is 0 Å². The Bertz CT molecular complexity index is 1470. The molecule has 0 bridgehead atoms. The van der Waals surface area contributed by atoms with E-state index in [2.05, 4.69) is 31.5 Å². The first-order chi connectivity index (χ1) is 16.8. The monoisotopic (exact) mass is 471 g/mol. The molecule has 0 spiro atoms. The highest BCUT2D eigenvalue weighted by Crippen LogP contribution is 2.38. The third-order valence-corrected chi connectivity index (χ3v) is 5.65. The first kappa shape index (κ1) is 23.3. The van der Waals surface area contributed by atoms with Gasteiger partial charge in [0, 0.05) is 31.3 Å². The molecule has 0 unspecified atom stereocenters. The number of amides is 1. The van der Waals surface area contributed by atoms with Crippen LogP contribution in [0.2, 0.25) is 0 Å². The molecule has 1 amide bonds. The maximum absolute atomic E-state index is 12.9. The van der Waals surface area contributed by atoms with Crippen LogP contribution in [-0.4, -0.2) is 35.7 Å². The van der Waals surface area contributed by atoms with E-state index in [9.17, 15) is 20.0 Å². The molecule has 3 aromatic heterocycles. The van der Waals surface area contributed by atoms with Gasteiger partial charge >= 0.3 is 0 Å². The van der Waals surface area contributed by atoms with E-state index in [1.54, 1.807) is 43.6 Å². The van der Waals surface area contributed by atoms with Gasteiger partial charge in [0.05, 0.1) is 29.2 Å². The lowest BCUT2D eigenvalue weighted by molar-refractivity contribution is 0.101. The molecule has 11 heteroatoms. The molecule has 2 atom stereocenters. The number of aromatic nitrogens is 5. The van der Waals surface area contributed by atoms with Gasteiger partial charge < -0.3 is 14.9 Å². The van der Waals surface area contributed by atoms with Crippen LogP contribution in [0.4, 0.5) is 5.69 Å². The summed E-state index contributed by atoms with van der Waals surface area (Å²) in [5.41, 5.74) is 1.37. The topological polar surface area (TPSA) is 160 Å². The summed E-state index contributed by atoms with van der Waals surface area (Å²) in [6.45, 7) is 3.62. The minimum absolute atomic E-state index is 0.211. The molecule has 3 heterocycles. The molecule has 35 heavy (non-hydrogen) atoms. The molecule has 4 rings (SSSR count). The van der Waals surface area contributed by atoms with Gasteiger partial charge in [0.1, 0.15) is 17.8 Å². The van der Waals surface area contributed by atoms with Gasteiger partial charge in [-0.2, -0.15) is 5.26 Å². The predicted octanol–water partition coefficient (Wildman–Crippen LogP) is 2.63. The van der Waals surface area contributed by atoms with E-state index in [0.29, 0.717) is 16.8 Å². The summed E-state index contributed by atoms with van der Waals surface area (Å²) in [6, 6.07) is 9.25. The molecule has 0 saturated carbocycles. The van der Waals surface area contributed by atoms with Crippen molar-refractivity contribution < 1.29 is 14.4 Å². The number of aromatic hydroxyl groups is 1. The van der Waals surface area contributed by atoms with Crippen LogP contribution in [0.5, 0.6) is 5.75 Å². The van der Waals surface area contributed by atoms with Crippen LogP contribution >= 0.6 is 0 Å². The zero-order chi connectivity index (χ0) is 25.1. The molecule has 1 aromatic carbocycles. The standard InChI is InChI=1S/C24H21N7O4/c1-13-9-27-18(11-26-13)19(17-7-5-4-6-15(17)8-25)14(2)22-30-20(21(32)24(34)31(22)3)23(33)29-16-10-28-35-12-16/h4-7,9-12,14,19,32H,1-3H3,(H,29,33)/t14-,19-/m1/s1. The fourth-order valence-corrected chi connectivity index (χ4v) is 3.90. The van der Waals surface area contributed by atoms with Crippen molar-refractivity contribution in [3.8, 4) is 11.8 Å². The van der Waals surface area contributed by atoms with Crippen molar-refractivity contribution in [2.45, 2.75) is 25.7 Å². The van der Waals surface area contributed by atoms with Crippen molar-refractivity contribution in [2.75, 3.05) is 5.32 Å². The highest BCUT2D eigenvalue weighted by Gasteiger charge is 2.31. The van der Waals surface area contributed by atoms with E-state index >= 15 is 0 Å². The van der Waals surface area contributed by atoms with E-state index in [4.69, 9.17) is 4.52 Å². The lowest BCUT2D eigenvalue weighted by Gasteiger charge is -2.26. The van der Waals surface area contributed by atoms with Crippen molar-refractivity contribution in [1.82, 2.24) is 24.7 Å². The minimum atomic E-state index is -0.805. The molecule has 4 aromatic rings. The Morgan fingerprint density at radius 2 is 2.00 bits per heavy atom. The molecule has 11 nitrogen and oxygen atoms in total. The fourth-order valence-electron chi connectivity index (χ4n) is 3.90. The summed E-state index contributed by atoms with van der Waals surface area (Å²) in [7, 11) is 1.46. The Kier molecular flexibility index (Phi) is 6.37. The lowest BCUT2D eigenvalue weighted by Crippen LogP contribution is -2.29. The summed E-state index contributed by atoms with van der Waals surface area (Å²) in [5.74, 6) is -2.47. The molecule has 0 radical (unpaired) electrons. The van der Waals surface area contributed by atoms with Crippen molar-refractivity contribution in [3.63, 3.8) is 0 Å². The summed E-state index contributed by atoms with van der Waals surface area (Å²) < 4.78 is 5.87. The average Bonchev–Trinajstić information content (AvgIpc) is 3.37. The van der Waals surface area contributed by atoms with Crippen molar-refractivity contribution in [1.29, 1.82) is 5.26 Å². The molecular weight excluding hydrogens is 450 g/mol. The Morgan fingerprint density at radius 1 is 1.23 bits per heavy atom. The van der Waals surface area contributed by atoms with Crippen LogP contribution in [0.15, 0.2) is 58.4 Å². The summed E-state index contributed by atoms with van der Waals surface area (Å²) in [5, 5.41) is 26.1. The number of carbonyl (C=O) groups excluding carboxylic acids is 1. The van der Waals surface area contributed by atoms with E-state index in [-0.39, 0.29) is 11.5 Å². The Labute approximate surface area is 199 Å². The number of aryl methyl sites for hydroxylation is 1. The molecule has 0 saturated heterocycles. The van der Waals surface area contributed by atoms with Gasteiger partial charge in [0.2, 0.25) is 5.75 Å². The first-order valence-corrected chi connectivity index (χ1v) is 10.6. The van der Waals surface area contributed by atoms with Crippen LogP contribution in [0.1, 0.15) is 57.6 Å². The number of nitriles is 1. The number of hydrogen-bond acceptors (Lipinski definition) is 9. The molecule has 0 aliphatic heterocycles. The average molecular weight is 471 g/mol. The SMILES string of the molecule is Cc1cnc([C@@H](c2ccccc2C#N)[C@@H](C)c2nc(C(=O)Nc3cnoc3)c(O)c(=O)n2C)cn1. The number of rotatable bonds is 6. The second kappa shape index (κ2) is 9.56. The summed E-state index contributed by atoms with van der Waals surface area (Å²) in [6.07, 6.45) is 5.70. The first-order valence-electron chi connectivity index (χ1n) is 10.6. The Hall–Kier alpha value is -4.85. The van der Waals surface area contributed by atoms with E-state index in [1.807, 2.05) is 6.92 Å². The summed E-state index contributed by atoms with van der Waals surface area (Å²) in [4.78, 5) is 38.9. The number of benzene rings is 1. The molecule has 2 N–H and O–H groups in total. The zero-order valence-electron chi connectivity index (χ0n) is 19.1. The van der Waals surface area contributed by atoms with Crippen molar-refractivity contribution in [2.24, 2.45) is 7.05 Å². The maximum atomic E-state index is 12.9. The van der Waals surface area contributed by atoms with Crippen LogP contribution in [-0.2, 0) is 7.05 Å². The molecule has 0 fully saturated rings. The fraction of sp³-hybridized carbons (Fsp3) is 0.208. The van der Waals surface area contributed by atoms with Crippen LogP contribution < -0.4 is 10.9 Å². The largest absolute Gasteiger partial charge is 0.501 e. The number of nitrogens with one attached hydrogen (secondary N) is 1. The zero-order valence-corrected chi connectivity index (χ0v) is 19.1. The molecule has 0 aliphatic carbocycles. The minimum Gasteiger partial charge on any atom is -0.501 e. The van der Waals surface area contributed by atoms with Gasteiger partial charge in [-0.15, -0.1) is 0 Å². The van der Waals surface area contributed by atoms with Gasteiger partial charge in [-0.05, 0) is 18.6 Å². The van der Waals surface area contributed by atoms with Gasteiger partial charge in [-0.25, -0.2) is 4.98 Å². The Morgan fingerprint density at radius 3 is 2.66 bits per heavy atom. The lowest BCUT2D eigenvalue weighted by atomic mass is 9.82. The molecular formula is C24H21N7O4. The highest BCUT2D eigenvalue weighted by molar-refractivity contribution is 6.04. The molecule has 176 valence electrons. The van der Waals surface area contributed by atoms with Gasteiger partial charge in [0.25, 0.3) is 11.5 Å². The second-order valence-electron chi connectivity index (χ2n) is 7.95. The number of carbonyl (C=O) groups is 1. The third-order valence-electron chi connectivity index (χ3n) is 5.65. The van der Waals surface area contributed by atoms with E-state index in [1.165, 1.54) is 24.1 Å². The van der Waals surface area contributed by atoms with Gasteiger partial charge in [0.15, 0.2) is 5.69 Å². The van der Waals surface area contributed by atoms with Gasteiger partial charge in [-0.1, -0.05) is 30.3 Å². The molecule has 0 aliphatic rings. The summed E-state index contributed by atoms with van der Waals surface area (Å²) >= 11 is 0. The quantitative estimate of drug-likeness (QED) is 0.431. The Balaban J connectivity index is 1.86. The number of hydrogen-bond donors (Lipinski definition) is 2. The van der Waals surface area contributed by atoms with Crippen molar-refractivity contribution >= 4 is 11.6 Å². The third kappa shape index (κ3) is 4.49.